The van der Waals surface area contributed by atoms with Crippen LogP contribution in [0.1, 0.15) is 46.2 Å². The van der Waals surface area contributed by atoms with Crippen LogP contribution in [0.5, 0.6) is 5.75 Å². The second kappa shape index (κ2) is 5.99. The Bertz CT molecular complexity index is 576. The Morgan fingerprint density at radius 3 is 2.55 bits per heavy atom. The van der Waals surface area contributed by atoms with Gasteiger partial charge in [-0.25, -0.2) is 0 Å². The standard InChI is InChI=1S/C17H24N2O3/c1-11(2)19-14(20)10-22-13-9-7-6-8-12(13)15(19)16(21)18-17(3,4)5/h6-9,11,15H,10H2,1-5H3,(H,18,21)/t15-/m1/s1. The summed E-state index contributed by atoms with van der Waals surface area (Å²) >= 11 is 0. The van der Waals surface area contributed by atoms with Gasteiger partial charge in [0.2, 0.25) is 5.91 Å². The van der Waals surface area contributed by atoms with Crippen molar-refractivity contribution in [3.8, 4) is 5.75 Å². The molecule has 5 heteroatoms. The zero-order valence-corrected chi connectivity index (χ0v) is 13.8. The fourth-order valence-electron chi connectivity index (χ4n) is 2.64. The number of ether oxygens (including phenoxy) is 1. The first-order valence-electron chi connectivity index (χ1n) is 7.55. The summed E-state index contributed by atoms with van der Waals surface area (Å²) in [6.07, 6.45) is 0. The molecule has 1 aromatic rings. The van der Waals surface area contributed by atoms with E-state index in [4.69, 9.17) is 4.74 Å². The number of para-hydroxylation sites is 1. The monoisotopic (exact) mass is 304 g/mol. The van der Waals surface area contributed by atoms with Gasteiger partial charge >= 0.3 is 0 Å². The smallest absolute Gasteiger partial charge is 0.261 e. The molecule has 2 rings (SSSR count). The minimum atomic E-state index is -0.676. The van der Waals surface area contributed by atoms with Crippen molar-refractivity contribution in [1.29, 1.82) is 0 Å². The SMILES string of the molecule is CC(C)N1C(=O)COc2ccccc2[C@@H]1C(=O)NC(C)(C)C. The Kier molecular flexibility index (Phi) is 4.44. The molecule has 1 aliphatic rings. The lowest BCUT2D eigenvalue weighted by Crippen LogP contribution is -2.51. The third kappa shape index (κ3) is 3.40. The van der Waals surface area contributed by atoms with E-state index in [-0.39, 0.29) is 30.0 Å². The summed E-state index contributed by atoms with van der Waals surface area (Å²) < 4.78 is 5.58. The third-order valence-electron chi connectivity index (χ3n) is 3.43. The van der Waals surface area contributed by atoms with Crippen molar-refractivity contribution in [1.82, 2.24) is 10.2 Å². The first-order chi connectivity index (χ1) is 10.2. The highest BCUT2D eigenvalue weighted by Crippen LogP contribution is 2.34. The van der Waals surface area contributed by atoms with E-state index in [2.05, 4.69) is 5.32 Å². The number of hydrogen-bond acceptors (Lipinski definition) is 3. The highest BCUT2D eigenvalue weighted by atomic mass is 16.5. The molecule has 1 atom stereocenters. The van der Waals surface area contributed by atoms with E-state index in [1.165, 1.54) is 0 Å². The van der Waals surface area contributed by atoms with Crippen LogP contribution in [-0.4, -0.2) is 34.9 Å². The Morgan fingerprint density at radius 2 is 1.95 bits per heavy atom. The minimum Gasteiger partial charge on any atom is -0.483 e. The number of nitrogens with one attached hydrogen (secondary N) is 1. The van der Waals surface area contributed by atoms with E-state index in [0.717, 1.165) is 5.56 Å². The highest BCUT2D eigenvalue weighted by molar-refractivity contribution is 5.91. The van der Waals surface area contributed by atoms with Gasteiger partial charge < -0.3 is 15.0 Å². The summed E-state index contributed by atoms with van der Waals surface area (Å²) in [5.41, 5.74) is 0.356. The molecule has 1 aliphatic heterocycles. The number of nitrogens with zero attached hydrogens (tertiary/aromatic N) is 1. The number of benzene rings is 1. The van der Waals surface area contributed by atoms with Gasteiger partial charge in [-0.3, -0.25) is 9.59 Å². The molecule has 0 spiro atoms. The fraction of sp³-hybridized carbons (Fsp3) is 0.529. The van der Waals surface area contributed by atoms with E-state index in [1.54, 1.807) is 11.0 Å². The summed E-state index contributed by atoms with van der Waals surface area (Å²) in [5, 5.41) is 2.97. The Labute approximate surface area is 131 Å². The summed E-state index contributed by atoms with van der Waals surface area (Å²) in [6, 6.07) is 6.56. The van der Waals surface area contributed by atoms with Crippen LogP contribution in [0.3, 0.4) is 0 Å². The van der Waals surface area contributed by atoms with Gasteiger partial charge in [-0.05, 0) is 40.7 Å². The molecule has 120 valence electrons. The molecule has 1 N–H and O–H groups in total. The van der Waals surface area contributed by atoms with Crippen LogP contribution >= 0.6 is 0 Å². The minimum absolute atomic E-state index is 0.0471. The van der Waals surface area contributed by atoms with E-state index in [9.17, 15) is 9.59 Å². The van der Waals surface area contributed by atoms with Gasteiger partial charge in [0.05, 0.1) is 0 Å². The van der Waals surface area contributed by atoms with Crippen LogP contribution in [0, 0.1) is 0 Å². The van der Waals surface area contributed by atoms with Crippen molar-refractivity contribution < 1.29 is 14.3 Å². The average Bonchev–Trinajstić information content (AvgIpc) is 2.54. The summed E-state index contributed by atoms with van der Waals surface area (Å²) in [6.45, 7) is 9.53. The Morgan fingerprint density at radius 1 is 1.32 bits per heavy atom. The van der Waals surface area contributed by atoms with Gasteiger partial charge in [0.1, 0.15) is 11.8 Å². The second-order valence-electron chi connectivity index (χ2n) is 6.86. The van der Waals surface area contributed by atoms with Crippen molar-refractivity contribution in [2.75, 3.05) is 6.61 Å². The lowest BCUT2D eigenvalue weighted by Gasteiger charge is -2.34. The second-order valence-corrected chi connectivity index (χ2v) is 6.86. The topological polar surface area (TPSA) is 58.6 Å². The molecular formula is C17H24N2O3. The molecule has 0 radical (unpaired) electrons. The number of fused-ring (bicyclic) bond motifs is 1. The van der Waals surface area contributed by atoms with Crippen molar-refractivity contribution in [2.45, 2.75) is 52.2 Å². The van der Waals surface area contributed by atoms with E-state index in [0.29, 0.717) is 5.75 Å². The Balaban J connectivity index is 2.50. The van der Waals surface area contributed by atoms with Crippen LogP contribution in [0.25, 0.3) is 0 Å². The van der Waals surface area contributed by atoms with Crippen LogP contribution in [0.4, 0.5) is 0 Å². The van der Waals surface area contributed by atoms with E-state index < -0.39 is 6.04 Å². The zero-order valence-electron chi connectivity index (χ0n) is 13.8. The maximum atomic E-state index is 12.8. The number of carbonyl (C=O) groups excluding carboxylic acids is 2. The quantitative estimate of drug-likeness (QED) is 0.912. The fourth-order valence-corrected chi connectivity index (χ4v) is 2.64. The molecular weight excluding hydrogens is 280 g/mol. The highest BCUT2D eigenvalue weighted by Gasteiger charge is 2.38. The average molecular weight is 304 g/mol. The van der Waals surface area contributed by atoms with Crippen LogP contribution in [0.2, 0.25) is 0 Å². The molecule has 0 unspecified atom stereocenters. The number of rotatable bonds is 2. The molecule has 5 nitrogen and oxygen atoms in total. The van der Waals surface area contributed by atoms with Gasteiger partial charge in [0.15, 0.2) is 6.61 Å². The predicted molar refractivity (Wildman–Crippen MR) is 84.6 cm³/mol. The van der Waals surface area contributed by atoms with Crippen molar-refractivity contribution in [2.24, 2.45) is 0 Å². The number of hydrogen-bond donors (Lipinski definition) is 1. The molecule has 0 aromatic heterocycles. The predicted octanol–water partition coefficient (Wildman–Crippen LogP) is 2.27. The maximum absolute atomic E-state index is 12.8. The van der Waals surface area contributed by atoms with Crippen LogP contribution in [-0.2, 0) is 9.59 Å². The molecule has 2 amide bonds. The molecule has 1 heterocycles. The molecule has 0 aliphatic carbocycles. The number of amides is 2. The molecule has 0 bridgehead atoms. The van der Waals surface area contributed by atoms with Gasteiger partial charge in [0, 0.05) is 17.1 Å². The first kappa shape index (κ1) is 16.3. The molecule has 0 saturated heterocycles. The zero-order chi connectivity index (χ0) is 16.5. The van der Waals surface area contributed by atoms with E-state index >= 15 is 0 Å². The summed E-state index contributed by atoms with van der Waals surface area (Å²) in [5.74, 6) is 0.223. The maximum Gasteiger partial charge on any atom is 0.261 e. The van der Waals surface area contributed by atoms with Crippen molar-refractivity contribution in [3.63, 3.8) is 0 Å². The van der Waals surface area contributed by atoms with Crippen molar-refractivity contribution >= 4 is 11.8 Å². The van der Waals surface area contributed by atoms with Gasteiger partial charge in [-0.15, -0.1) is 0 Å². The molecule has 22 heavy (non-hydrogen) atoms. The normalized spacial score (nSPS) is 18.5. The molecule has 0 fully saturated rings. The largest absolute Gasteiger partial charge is 0.483 e. The first-order valence-corrected chi connectivity index (χ1v) is 7.55. The van der Waals surface area contributed by atoms with Crippen molar-refractivity contribution in [3.05, 3.63) is 29.8 Å². The summed E-state index contributed by atoms with van der Waals surface area (Å²) in [4.78, 5) is 26.9. The van der Waals surface area contributed by atoms with Gasteiger partial charge in [0.25, 0.3) is 5.91 Å². The van der Waals surface area contributed by atoms with Crippen LogP contribution < -0.4 is 10.1 Å². The van der Waals surface area contributed by atoms with Crippen LogP contribution in [0.15, 0.2) is 24.3 Å². The number of carbonyl (C=O) groups is 2. The molecule has 1 aromatic carbocycles. The molecule has 0 saturated carbocycles. The summed E-state index contributed by atoms with van der Waals surface area (Å²) in [7, 11) is 0. The van der Waals surface area contributed by atoms with Gasteiger partial charge in [-0.2, -0.15) is 0 Å². The van der Waals surface area contributed by atoms with Gasteiger partial charge in [-0.1, -0.05) is 18.2 Å². The lowest BCUT2D eigenvalue weighted by atomic mass is 10.00. The van der Waals surface area contributed by atoms with E-state index in [1.807, 2.05) is 52.8 Å². The Hall–Kier alpha value is -2.04. The third-order valence-corrected chi connectivity index (χ3v) is 3.43. The lowest BCUT2D eigenvalue weighted by molar-refractivity contribution is -0.143.